The fraction of sp³-hybridized carbons (Fsp3) is 0.528. The predicted molar refractivity (Wildman–Crippen MR) is 364 cm³/mol. The molecule has 2 saturated heterocycles. The van der Waals surface area contributed by atoms with E-state index in [0.717, 1.165) is 33.9 Å². The summed E-state index contributed by atoms with van der Waals surface area (Å²) in [4.78, 5) is 144. The maximum atomic E-state index is 14.8. The Morgan fingerprint density at radius 1 is 0.484 bits per heavy atom. The van der Waals surface area contributed by atoms with E-state index in [0.29, 0.717) is 12.8 Å². The smallest absolute Gasteiger partial charge is 0.410 e. The maximum Gasteiger partial charge on any atom is 0.410 e. The van der Waals surface area contributed by atoms with Gasteiger partial charge in [0.2, 0.25) is 35.4 Å². The van der Waals surface area contributed by atoms with Gasteiger partial charge in [-0.05, 0) is 146 Å². The topological polar surface area (TPSA) is 300 Å². The molecule has 0 aliphatic carbocycles. The number of nitrogens with zero attached hydrogens (tertiary/aromatic N) is 4. The van der Waals surface area contributed by atoms with Gasteiger partial charge in [0.15, 0.2) is 0 Å². The van der Waals surface area contributed by atoms with Crippen molar-refractivity contribution in [1.29, 1.82) is 0 Å². The van der Waals surface area contributed by atoms with Crippen molar-refractivity contribution in [3.8, 4) is 0 Å². The standard InChI is InChI=1S/C64H92N10O12.C8H11N/c1-39(71(15)59(83)85-63(9,10)11)51(75)69-49(61(3,4)5)57(81)73-37-45(35-47(73)55(79)65-33-31-41-23-19-17-20-24-41)67-53(77)43-27-29-44(30-28-43)54(78)68-46-36-48(56(80)66-34-32-42-25-21-18-22-26-42)74(38-46)58(82)50(62(6,7)8)70-52(76)40(2)72(16)60(84)86-64(12,13)14;9-7-6-8-4-2-1-3-5-8/h17-30,39-40,45-50H,31-38H2,1-16H3,(H,65,79)(H,66,80)(H,67,77)(H,68,78)(H,69,75)(H,70,76);1-5H,6-7,9H2/t39-,40-,45-,46-,47-,48-,49+,50+;/m0./s1. The highest BCUT2D eigenvalue weighted by Gasteiger charge is 2.48. The van der Waals surface area contributed by atoms with Gasteiger partial charge in [-0.15, -0.1) is 0 Å². The van der Waals surface area contributed by atoms with Crippen molar-refractivity contribution < 1.29 is 57.4 Å². The van der Waals surface area contributed by atoms with E-state index in [-0.39, 0.29) is 50.1 Å². The number of rotatable bonds is 22. The molecule has 0 spiro atoms. The third kappa shape index (κ3) is 23.5. The van der Waals surface area contributed by atoms with Gasteiger partial charge >= 0.3 is 12.2 Å². The van der Waals surface area contributed by atoms with Crippen LogP contribution in [0.2, 0.25) is 0 Å². The Balaban J connectivity index is 0.00000167. The van der Waals surface area contributed by atoms with Crippen molar-refractivity contribution in [2.45, 2.75) is 189 Å². The third-order valence-corrected chi connectivity index (χ3v) is 16.3. The first-order chi connectivity index (χ1) is 44.4. The Morgan fingerprint density at radius 3 is 1.07 bits per heavy atom. The number of ether oxygens (including phenoxy) is 2. The molecule has 0 aromatic heterocycles. The lowest BCUT2D eigenvalue weighted by Gasteiger charge is -2.36. The molecule has 4 aromatic carbocycles. The lowest BCUT2D eigenvalue weighted by atomic mass is 9.85. The van der Waals surface area contributed by atoms with E-state index in [1.54, 1.807) is 83.1 Å². The molecule has 95 heavy (non-hydrogen) atoms. The SMILES string of the molecule is C[C@@H](C(=O)N[C@H](C(=O)N1C[C@@H](NC(=O)c2ccc(C(=O)N[C@H]3C[C@@H](C(=O)NCCc4ccccc4)N(C(=O)[C@@H](NC(=O)[C@H](C)N(C)C(=O)OC(C)(C)C)C(C)(C)C)C3)cc2)C[C@H]1C(=O)NCCc1ccccc1)C(C)(C)C)N(C)C(=O)OC(C)(C)C.NCCc1ccccc1. The number of hydrogen-bond donors (Lipinski definition) is 7. The van der Waals surface area contributed by atoms with E-state index in [1.165, 1.54) is 67.6 Å². The summed E-state index contributed by atoms with van der Waals surface area (Å²) in [5.74, 6) is -4.35. The van der Waals surface area contributed by atoms with Gasteiger partial charge in [-0.3, -0.25) is 48.2 Å². The fourth-order valence-corrected chi connectivity index (χ4v) is 10.7. The highest BCUT2D eigenvalue weighted by atomic mass is 16.6. The van der Waals surface area contributed by atoms with E-state index in [1.807, 2.05) is 78.9 Å². The molecular formula is C72H103N11O12. The van der Waals surface area contributed by atoms with Crippen LogP contribution in [0.25, 0.3) is 0 Å². The van der Waals surface area contributed by atoms with Crippen LogP contribution in [0.5, 0.6) is 0 Å². The lowest BCUT2D eigenvalue weighted by molar-refractivity contribution is -0.144. The molecule has 518 valence electrons. The number of nitrogens with one attached hydrogen (secondary N) is 6. The monoisotopic (exact) mass is 1310 g/mol. The van der Waals surface area contributed by atoms with Crippen LogP contribution in [0.4, 0.5) is 9.59 Å². The molecule has 2 fully saturated rings. The number of nitrogens with two attached hydrogens (primary N) is 1. The summed E-state index contributed by atoms with van der Waals surface area (Å²) in [7, 11) is 2.85. The minimum Gasteiger partial charge on any atom is -0.444 e. The summed E-state index contributed by atoms with van der Waals surface area (Å²) in [5.41, 5.74) is 5.61. The van der Waals surface area contributed by atoms with Crippen molar-refractivity contribution in [1.82, 2.24) is 51.5 Å². The minimum absolute atomic E-state index is 0.0398. The maximum absolute atomic E-state index is 14.8. The van der Waals surface area contributed by atoms with E-state index in [2.05, 4.69) is 44.0 Å². The quantitative estimate of drug-likeness (QED) is 0.0439. The van der Waals surface area contributed by atoms with Gasteiger partial charge in [0.25, 0.3) is 11.8 Å². The predicted octanol–water partition coefficient (Wildman–Crippen LogP) is 6.56. The zero-order valence-electron chi connectivity index (χ0n) is 58.4. The van der Waals surface area contributed by atoms with Gasteiger partial charge in [0.1, 0.15) is 47.5 Å². The van der Waals surface area contributed by atoms with E-state index < -0.39 is 130 Å². The van der Waals surface area contributed by atoms with E-state index in [9.17, 15) is 47.9 Å². The van der Waals surface area contributed by atoms with E-state index >= 15 is 0 Å². The molecule has 8 atom stereocenters. The van der Waals surface area contributed by atoms with Crippen LogP contribution in [-0.2, 0) is 57.5 Å². The molecule has 8 N–H and O–H groups in total. The second kappa shape index (κ2) is 34.0. The number of carbonyl (C=O) groups excluding carboxylic acids is 10. The summed E-state index contributed by atoms with van der Waals surface area (Å²) in [5, 5.41) is 17.5. The van der Waals surface area contributed by atoms with Crippen molar-refractivity contribution >= 4 is 59.4 Å². The Bertz CT molecular complexity index is 3060. The first-order valence-electron chi connectivity index (χ1n) is 32.6. The first kappa shape index (κ1) is 76.8. The van der Waals surface area contributed by atoms with Crippen LogP contribution in [0.15, 0.2) is 115 Å². The molecular weight excluding hydrogens is 1210 g/mol. The molecule has 2 aliphatic rings. The molecule has 0 radical (unpaired) electrons. The summed E-state index contributed by atoms with van der Waals surface area (Å²) in [6.07, 6.45) is 0.656. The van der Waals surface area contributed by atoms with Crippen LogP contribution < -0.4 is 37.6 Å². The molecule has 23 nitrogen and oxygen atoms in total. The van der Waals surface area contributed by atoms with E-state index in [4.69, 9.17) is 15.2 Å². The van der Waals surface area contributed by atoms with Gasteiger partial charge < -0.3 is 56.9 Å². The van der Waals surface area contributed by atoms with Gasteiger partial charge in [-0.25, -0.2) is 9.59 Å². The zero-order chi connectivity index (χ0) is 70.8. The summed E-state index contributed by atoms with van der Waals surface area (Å²) in [6.45, 7) is 25.0. The van der Waals surface area contributed by atoms with Crippen LogP contribution in [-0.4, -0.2) is 185 Å². The number of carbonyl (C=O) groups is 10. The average Bonchev–Trinajstić information content (AvgIpc) is 1.70. The number of amides is 10. The Hall–Kier alpha value is -8.86. The molecule has 2 heterocycles. The van der Waals surface area contributed by atoms with Crippen LogP contribution in [0.3, 0.4) is 0 Å². The van der Waals surface area contributed by atoms with Crippen molar-refractivity contribution in [3.63, 3.8) is 0 Å². The number of likely N-dealkylation sites (N-methyl/N-ethyl adjacent to an activating group) is 2. The Kier molecular flexibility index (Phi) is 27.5. The fourth-order valence-electron chi connectivity index (χ4n) is 10.7. The second-order valence-electron chi connectivity index (χ2n) is 28.6. The molecule has 23 heteroatoms. The number of benzene rings is 4. The van der Waals surface area contributed by atoms with Crippen molar-refractivity contribution in [2.24, 2.45) is 16.6 Å². The van der Waals surface area contributed by atoms with Crippen LogP contribution in [0.1, 0.15) is 147 Å². The average molecular weight is 1310 g/mol. The summed E-state index contributed by atoms with van der Waals surface area (Å²) >= 11 is 0. The summed E-state index contributed by atoms with van der Waals surface area (Å²) < 4.78 is 10.9. The van der Waals surface area contributed by atoms with Gasteiger partial charge in [-0.1, -0.05) is 133 Å². The molecule has 4 aromatic rings. The molecule has 0 bridgehead atoms. The third-order valence-electron chi connectivity index (χ3n) is 16.3. The molecule has 0 saturated carbocycles. The van der Waals surface area contributed by atoms with Crippen LogP contribution >= 0.6 is 0 Å². The van der Waals surface area contributed by atoms with Gasteiger partial charge in [-0.2, -0.15) is 0 Å². The molecule has 2 aliphatic heterocycles. The molecule has 6 rings (SSSR count). The molecule has 0 unspecified atom stereocenters. The zero-order valence-corrected chi connectivity index (χ0v) is 58.4. The van der Waals surface area contributed by atoms with Gasteiger partial charge in [0.05, 0.1) is 0 Å². The number of likely N-dealkylation sites (tertiary alicyclic amines) is 2. The highest BCUT2D eigenvalue weighted by molar-refractivity contribution is 6.00. The Labute approximate surface area is 561 Å². The Morgan fingerprint density at radius 2 is 0.789 bits per heavy atom. The minimum atomic E-state index is -1.17. The number of hydrogen-bond acceptors (Lipinski definition) is 13. The second-order valence-corrected chi connectivity index (χ2v) is 28.6. The van der Waals surface area contributed by atoms with Crippen LogP contribution in [0, 0.1) is 10.8 Å². The lowest BCUT2D eigenvalue weighted by Crippen LogP contribution is -2.60. The first-order valence-corrected chi connectivity index (χ1v) is 32.6. The molecule has 10 amide bonds. The largest absolute Gasteiger partial charge is 0.444 e. The van der Waals surface area contributed by atoms with Gasteiger partial charge in [0, 0.05) is 63.5 Å². The van der Waals surface area contributed by atoms with Crippen molar-refractivity contribution in [3.05, 3.63) is 143 Å². The van der Waals surface area contributed by atoms with Crippen molar-refractivity contribution in [2.75, 3.05) is 46.8 Å². The highest BCUT2D eigenvalue weighted by Crippen LogP contribution is 2.29. The normalized spacial score (nSPS) is 17.6. The summed E-state index contributed by atoms with van der Waals surface area (Å²) in [6, 6.07) is 27.3.